The average molecular weight is 383 g/mol. The molecule has 1 aliphatic heterocycles. The molecule has 1 saturated heterocycles. The lowest BCUT2D eigenvalue weighted by atomic mass is 10.1. The quantitative estimate of drug-likeness (QED) is 0.485. The van der Waals surface area contributed by atoms with Crippen molar-refractivity contribution in [1.29, 1.82) is 0 Å². The topological polar surface area (TPSA) is 187 Å². The Balaban J connectivity index is 2.59. The molecule has 0 radical (unpaired) electrons. The smallest absolute Gasteiger partial charge is 0.280 e. The Morgan fingerprint density at radius 2 is 1.77 bits per heavy atom. The van der Waals surface area contributed by atoms with Gasteiger partial charge in [0.1, 0.15) is 6.10 Å². The summed E-state index contributed by atoms with van der Waals surface area (Å²) in [5.74, 6) is 0. The number of phosphoric acid groups is 3. The fraction of sp³-hybridized carbons (Fsp3) is 1.00. The van der Waals surface area contributed by atoms with Gasteiger partial charge in [0.05, 0.1) is 18.8 Å². The van der Waals surface area contributed by atoms with Gasteiger partial charge in [-0.25, -0.2) is 8.62 Å². The fourth-order valence-electron chi connectivity index (χ4n) is 1.77. The minimum absolute atomic E-state index is 0.222. The van der Waals surface area contributed by atoms with Gasteiger partial charge in [-0.05, 0) is 6.92 Å². The Morgan fingerprint density at radius 1 is 1.18 bits per heavy atom. The van der Waals surface area contributed by atoms with Crippen molar-refractivity contribution in [2.45, 2.75) is 31.7 Å². The predicted octanol–water partition coefficient (Wildman–Crippen LogP) is -1.37. The standard InChI is InChI=1S/C7H17O12P3/c1-5-3-6(15-2)7(17-5)4-16-21(11,12)19-22(13,14)18-20(8,9)10/h5-7H,3-4H2,1-2H3,(H,11,12)(H,13,14)(H2,8,9,10)/p-3/t5-,6?,7+/m0/s1. The maximum atomic E-state index is 11.3. The highest BCUT2D eigenvalue weighted by molar-refractivity contribution is 7.65. The highest BCUT2D eigenvalue weighted by Gasteiger charge is 2.34. The molecule has 1 fully saturated rings. The first kappa shape index (κ1) is 20.4. The van der Waals surface area contributed by atoms with Crippen molar-refractivity contribution in [2.24, 2.45) is 0 Å². The zero-order valence-corrected chi connectivity index (χ0v) is 14.1. The minimum atomic E-state index is -5.88. The minimum Gasteiger partial charge on any atom is -0.756 e. The van der Waals surface area contributed by atoms with E-state index in [0.29, 0.717) is 6.42 Å². The molecular weight excluding hydrogens is 369 g/mol. The Labute approximate surface area is 125 Å². The molecule has 0 aromatic carbocycles. The molecule has 1 N–H and O–H groups in total. The summed E-state index contributed by atoms with van der Waals surface area (Å²) >= 11 is 0. The number of rotatable bonds is 8. The van der Waals surface area contributed by atoms with Crippen LogP contribution in [-0.4, -0.2) is 36.9 Å². The molecule has 1 aliphatic rings. The van der Waals surface area contributed by atoms with Gasteiger partial charge in [-0.1, -0.05) is 0 Å². The van der Waals surface area contributed by atoms with Crippen LogP contribution in [-0.2, 0) is 36.3 Å². The third-order valence-corrected chi connectivity index (χ3v) is 6.18. The molecule has 1 heterocycles. The highest BCUT2D eigenvalue weighted by atomic mass is 31.3. The molecule has 0 saturated carbocycles. The van der Waals surface area contributed by atoms with Crippen LogP contribution in [0.1, 0.15) is 13.3 Å². The van der Waals surface area contributed by atoms with E-state index in [2.05, 4.69) is 13.1 Å². The molecular formula is C7H14O12P3-3. The van der Waals surface area contributed by atoms with Gasteiger partial charge in [0.25, 0.3) is 23.5 Å². The number of phosphoric ester groups is 1. The van der Waals surface area contributed by atoms with Crippen LogP contribution >= 0.6 is 23.5 Å². The van der Waals surface area contributed by atoms with E-state index in [4.69, 9.17) is 14.4 Å². The van der Waals surface area contributed by atoms with E-state index in [-0.39, 0.29) is 6.10 Å². The Kier molecular flexibility index (Phi) is 6.93. The third-order valence-electron chi connectivity index (χ3n) is 2.49. The van der Waals surface area contributed by atoms with Gasteiger partial charge >= 0.3 is 0 Å². The molecule has 12 nitrogen and oxygen atoms in total. The first-order valence-corrected chi connectivity index (χ1v) is 10.2. The molecule has 15 heteroatoms. The van der Waals surface area contributed by atoms with E-state index < -0.39 is 42.3 Å². The monoisotopic (exact) mass is 383 g/mol. The predicted molar refractivity (Wildman–Crippen MR) is 62.9 cm³/mol. The van der Waals surface area contributed by atoms with E-state index in [1.54, 1.807) is 6.92 Å². The van der Waals surface area contributed by atoms with Crippen molar-refractivity contribution >= 4 is 23.5 Å². The van der Waals surface area contributed by atoms with Crippen LogP contribution < -0.4 is 14.7 Å². The van der Waals surface area contributed by atoms with Crippen LogP contribution in [0.15, 0.2) is 0 Å². The molecule has 0 aromatic rings. The van der Waals surface area contributed by atoms with Gasteiger partial charge in [-0.2, -0.15) is 0 Å². The van der Waals surface area contributed by atoms with Gasteiger partial charge in [0, 0.05) is 13.5 Å². The van der Waals surface area contributed by atoms with Crippen molar-refractivity contribution in [3.05, 3.63) is 0 Å². The van der Waals surface area contributed by atoms with Gasteiger partial charge in [0.15, 0.2) is 0 Å². The van der Waals surface area contributed by atoms with E-state index in [1.807, 2.05) is 0 Å². The van der Waals surface area contributed by atoms with Crippen LogP contribution in [0.3, 0.4) is 0 Å². The van der Waals surface area contributed by atoms with Crippen LogP contribution in [0.25, 0.3) is 0 Å². The number of hydrogen-bond acceptors (Lipinski definition) is 11. The summed E-state index contributed by atoms with van der Waals surface area (Å²) < 4.78 is 53.8. The summed E-state index contributed by atoms with van der Waals surface area (Å²) in [6.07, 6.45) is -1.01. The normalized spacial score (nSPS) is 33.8. The van der Waals surface area contributed by atoms with Crippen molar-refractivity contribution in [3.63, 3.8) is 0 Å². The van der Waals surface area contributed by atoms with E-state index in [0.717, 1.165) is 0 Å². The second-order valence-electron chi connectivity index (χ2n) is 4.32. The second-order valence-corrected chi connectivity index (χ2v) is 8.61. The lowest BCUT2D eigenvalue weighted by molar-refractivity contribution is -0.250. The molecule has 132 valence electrons. The van der Waals surface area contributed by atoms with Gasteiger partial charge in [-0.15, -0.1) is 0 Å². The van der Waals surface area contributed by atoms with Gasteiger partial charge in [-0.3, -0.25) is 13.7 Å². The summed E-state index contributed by atoms with van der Waals surface area (Å²) in [5, 5.41) is 0. The molecule has 0 amide bonds. The van der Waals surface area contributed by atoms with E-state index >= 15 is 0 Å². The van der Waals surface area contributed by atoms with Crippen LogP contribution in [0.5, 0.6) is 0 Å². The molecule has 4 unspecified atom stereocenters. The van der Waals surface area contributed by atoms with Crippen LogP contribution in [0, 0.1) is 0 Å². The first-order valence-electron chi connectivity index (χ1n) is 5.75. The number of ether oxygens (including phenoxy) is 2. The zero-order valence-electron chi connectivity index (χ0n) is 11.4. The largest absolute Gasteiger partial charge is 0.756 e. The molecule has 0 aliphatic carbocycles. The average Bonchev–Trinajstić information content (AvgIpc) is 2.62. The van der Waals surface area contributed by atoms with Crippen molar-refractivity contribution in [3.8, 4) is 0 Å². The molecule has 0 spiro atoms. The zero-order chi connectivity index (χ0) is 17.2. The van der Waals surface area contributed by atoms with E-state index in [9.17, 15) is 28.4 Å². The lowest BCUT2D eigenvalue weighted by Crippen LogP contribution is -2.29. The van der Waals surface area contributed by atoms with Crippen molar-refractivity contribution < 1.29 is 55.9 Å². The SMILES string of the molecule is COC1C[C@H](C)O[C@@H]1COP(=O)([O-])OP(=O)([O-])OP(=O)([O-])O. The highest BCUT2D eigenvalue weighted by Crippen LogP contribution is 2.61. The maximum Gasteiger partial charge on any atom is 0.280 e. The fourth-order valence-corrected chi connectivity index (χ4v) is 4.66. The second kappa shape index (κ2) is 7.48. The number of hydrogen-bond donors (Lipinski definition) is 1. The van der Waals surface area contributed by atoms with Gasteiger partial charge < -0.3 is 33.6 Å². The van der Waals surface area contributed by atoms with Crippen LogP contribution in [0.4, 0.5) is 0 Å². The Hall–Kier alpha value is 0.330. The molecule has 22 heavy (non-hydrogen) atoms. The summed E-state index contributed by atoms with van der Waals surface area (Å²) in [5.41, 5.74) is 0. The Bertz CT molecular complexity index is 515. The van der Waals surface area contributed by atoms with Crippen molar-refractivity contribution in [2.75, 3.05) is 13.7 Å². The summed E-state index contributed by atoms with van der Waals surface area (Å²) in [6.45, 7) is 1.10. The van der Waals surface area contributed by atoms with Gasteiger partial charge in [0.2, 0.25) is 0 Å². The first-order chi connectivity index (χ1) is 9.84. The lowest BCUT2D eigenvalue weighted by Gasteiger charge is -2.33. The molecule has 0 bridgehead atoms. The molecule has 1 rings (SSSR count). The maximum absolute atomic E-state index is 11.3. The summed E-state index contributed by atoms with van der Waals surface area (Å²) in [4.78, 5) is 40.8. The molecule has 0 aromatic heterocycles. The van der Waals surface area contributed by atoms with Crippen molar-refractivity contribution in [1.82, 2.24) is 0 Å². The Morgan fingerprint density at radius 3 is 2.27 bits per heavy atom. The summed E-state index contributed by atoms with van der Waals surface area (Å²) in [7, 11) is -15.7. The summed E-state index contributed by atoms with van der Waals surface area (Å²) in [6, 6.07) is 0. The van der Waals surface area contributed by atoms with Crippen LogP contribution in [0.2, 0.25) is 0 Å². The molecule has 6 atom stereocenters. The number of methoxy groups -OCH3 is 1. The van der Waals surface area contributed by atoms with E-state index in [1.165, 1.54) is 7.11 Å². The third kappa shape index (κ3) is 7.27.